The van der Waals surface area contributed by atoms with Gasteiger partial charge in [-0.15, -0.1) is 0 Å². The van der Waals surface area contributed by atoms with Gasteiger partial charge >= 0.3 is 0 Å². The molecule has 1 atom stereocenters. The van der Waals surface area contributed by atoms with E-state index in [9.17, 15) is 5.11 Å². The molecule has 106 valence electrons. The van der Waals surface area contributed by atoms with Crippen molar-refractivity contribution < 1.29 is 9.84 Å². The Hall–Kier alpha value is -0.160. The summed E-state index contributed by atoms with van der Waals surface area (Å²) in [5.74, 6) is 0.470. The molecule has 2 aliphatic heterocycles. The molecule has 2 fully saturated rings. The highest BCUT2D eigenvalue weighted by molar-refractivity contribution is 4.87. The van der Waals surface area contributed by atoms with Crippen LogP contribution in [0.25, 0.3) is 0 Å². The van der Waals surface area contributed by atoms with Crippen molar-refractivity contribution in [2.45, 2.75) is 20.3 Å². The molecule has 1 N–H and O–H groups in total. The van der Waals surface area contributed by atoms with Gasteiger partial charge in [0.15, 0.2) is 0 Å². The third-order valence-corrected chi connectivity index (χ3v) is 4.59. The van der Waals surface area contributed by atoms with Crippen LogP contribution in [0.3, 0.4) is 0 Å². The Morgan fingerprint density at radius 1 is 1.11 bits per heavy atom. The quantitative estimate of drug-likeness (QED) is 0.801. The van der Waals surface area contributed by atoms with E-state index in [2.05, 4.69) is 23.6 Å². The van der Waals surface area contributed by atoms with Crippen molar-refractivity contribution in [2.75, 3.05) is 59.1 Å². The van der Waals surface area contributed by atoms with Crippen LogP contribution in [-0.2, 0) is 4.74 Å². The largest absolute Gasteiger partial charge is 0.396 e. The molecule has 0 radical (unpaired) electrons. The van der Waals surface area contributed by atoms with E-state index in [4.69, 9.17) is 4.74 Å². The molecular formula is C14H28N2O2. The Labute approximate surface area is 111 Å². The van der Waals surface area contributed by atoms with Gasteiger partial charge in [0, 0.05) is 39.3 Å². The molecule has 2 aliphatic rings. The average molecular weight is 256 g/mol. The summed E-state index contributed by atoms with van der Waals surface area (Å²) in [5.41, 5.74) is 0.248. The number of nitrogens with zero attached hydrogens (tertiary/aromatic N) is 2. The number of likely N-dealkylation sites (tertiary alicyclic amines) is 1. The number of hydrogen-bond acceptors (Lipinski definition) is 4. The smallest absolute Gasteiger partial charge is 0.0594 e. The molecule has 1 unspecified atom stereocenters. The fourth-order valence-electron chi connectivity index (χ4n) is 3.15. The number of hydrogen-bond donors (Lipinski definition) is 1. The third-order valence-electron chi connectivity index (χ3n) is 4.59. The Morgan fingerprint density at radius 2 is 1.78 bits per heavy atom. The number of ether oxygens (including phenoxy) is 1. The van der Waals surface area contributed by atoms with Crippen LogP contribution < -0.4 is 0 Å². The minimum atomic E-state index is 0.248. The van der Waals surface area contributed by atoms with Crippen molar-refractivity contribution in [1.29, 1.82) is 0 Å². The second-order valence-corrected chi connectivity index (χ2v) is 6.39. The zero-order chi connectivity index (χ0) is 13.0. The summed E-state index contributed by atoms with van der Waals surface area (Å²) in [6.45, 7) is 13.4. The van der Waals surface area contributed by atoms with Crippen LogP contribution in [0.1, 0.15) is 20.3 Å². The molecule has 0 spiro atoms. The summed E-state index contributed by atoms with van der Waals surface area (Å²) in [6.07, 6.45) is 1.13. The first-order valence-electron chi connectivity index (χ1n) is 7.25. The molecular weight excluding hydrogens is 228 g/mol. The predicted octanol–water partition coefficient (Wildman–Crippen LogP) is 0.659. The number of aliphatic hydroxyl groups is 1. The first-order chi connectivity index (χ1) is 8.62. The first kappa shape index (κ1) is 14.3. The molecule has 2 heterocycles. The highest BCUT2D eigenvalue weighted by Crippen LogP contribution is 2.34. The Kier molecular flexibility index (Phi) is 5.01. The normalized spacial score (nSPS) is 30.5. The third kappa shape index (κ3) is 3.67. The van der Waals surface area contributed by atoms with Gasteiger partial charge in [0.2, 0.25) is 0 Å². The second kappa shape index (κ2) is 6.33. The molecule has 0 saturated carbocycles. The van der Waals surface area contributed by atoms with Crippen LogP contribution in [0.5, 0.6) is 0 Å². The van der Waals surface area contributed by atoms with E-state index < -0.39 is 0 Å². The summed E-state index contributed by atoms with van der Waals surface area (Å²) >= 11 is 0. The van der Waals surface area contributed by atoms with Crippen molar-refractivity contribution in [2.24, 2.45) is 11.3 Å². The Balaban J connectivity index is 1.74. The number of aliphatic hydroxyl groups excluding tert-OH is 1. The van der Waals surface area contributed by atoms with Gasteiger partial charge in [-0.1, -0.05) is 13.8 Å². The minimum absolute atomic E-state index is 0.248. The fraction of sp³-hybridized carbons (Fsp3) is 1.00. The number of morpholine rings is 1. The van der Waals surface area contributed by atoms with Gasteiger partial charge in [-0.2, -0.15) is 0 Å². The van der Waals surface area contributed by atoms with Gasteiger partial charge in [-0.25, -0.2) is 0 Å². The zero-order valence-corrected chi connectivity index (χ0v) is 11.9. The van der Waals surface area contributed by atoms with E-state index >= 15 is 0 Å². The molecule has 4 nitrogen and oxygen atoms in total. The number of piperidine rings is 1. The highest BCUT2D eigenvalue weighted by atomic mass is 16.5. The van der Waals surface area contributed by atoms with E-state index in [1.54, 1.807) is 0 Å². The van der Waals surface area contributed by atoms with Crippen LogP contribution in [0.4, 0.5) is 0 Å². The molecule has 0 aliphatic carbocycles. The second-order valence-electron chi connectivity index (χ2n) is 6.39. The maximum absolute atomic E-state index is 9.41. The van der Waals surface area contributed by atoms with E-state index in [0.29, 0.717) is 12.5 Å². The van der Waals surface area contributed by atoms with E-state index in [0.717, 1.165) is 58.9 Å². The molecule has 0 amide bonds. The molecule has 0 aromatic carbocycles. The zero-order valence-electron chi connectivity index (χ0n) is 11.9. The molecule has 2 saturated heterocycles. The van der Waals surface area contributed by atoms with Gasteiger partial charge in [-0.05, 0) is 24.3 Å². The highest BCUT2D eigenvalue weighted by Gasteiger charge is 2.35. The molecule has 0 aromatic heterocycles. The van der Waals surface area contributed by atoms with Crippen molar-refractivity contribution in [3.05, 3.63) is 0 Å². The average Bonchev–Trinajstić information content (AvgIpc) is 2.37. The molecule has 4 heteroatoms. The lowest BCUT2D eigenvalue weighted by molar-refractivity contribution is 0.00461. The van der Waals surface area contributed by atoms with Gasteiger partial charge < -0.3 is 14.7 Å². The molecule has 0 aromatic rings. The topological polar surface area (TPSA) is 35.9 Å². The fourth-order valence-corrected chi connectivity index (χ4v) is 3.15. The SMILES string of the molecule is CC1(C)CN(CCN2CCOCC2)CCC1CO. The van der Waals surface area contributed by atoms with E-state index in [1.807, 2.05) is 0 Å². The van der Waals surface area contributed by atoms with Crippen LogP contribution >= 0.6 is 0 Å². The molecule has 18 heavy (non-hydrogen) atoms. The van der Waals surface area contributed by atoms with E-state index in [1.165, 1.54) is 0 Å². The standard InChI is InChI=1S/C14H28N2O2/c1-14(2)12-16(4-3-13(14)11-17)6-5-15-7-9-18-10-8-15/h13,17H,3-12H2,1-2H3. The lowest BCUT2D eigenvalue weighted by Crippen LogP contribution is -2.49. The predicted molar refractivity (Wildman–Crippen MR) is 72.7 cm³/mol. The number of rotatable bonds is 4. The summed E-state index contributed by atoms with van der Waals surface area (Å²) in [5, 5.41) is 9.41. The molecule has 0 bridgehead atoms. The van der Waals surface area contributed by atoms with Crippen LogP contribution in [0.15, 0.2) is 0 Å². The van der Waals surface area contributed by atoms with Crippen LogP contribution in [-0.4, -0.2) is 74.0 Å². The maximum Gasteiger partial charge on any atom is 0.0594 e. The monoisotopic (exact) mass is 256 g/mol. The summed E-state index contributed by atoms with van der Waals surface area (Å²) in [7, 11) is 0. The van der Waals surface area contributed by atoms with Crippen molar-refractivity contribution >= 4 is 0 Å². The van der Waals surface area contributed by atoms with Crippen LogP contribution in [0.2, 0.25) is 0 Å². The van der Waals surface area contributed by atoms with Crippen LogP contribution in [0, 0.1) is 11.3 Å². The minimum Gasteiger partial charge on any atom is -0.396 e. The summed E-state index contributed by atoms with van der Waals surface area (Å²) in [6, 6.07) is 0. The Morgan fingerprint density at radius 3 is 2.39 bits per heavy atom. The van der Waals surface area contributed by atoms with Crippen molar-refractivity contribution in [1.82, 2.24) is 9.80 Å². The first-order valence-corrected chi connectivity index (χ1v) is 7.25. The van der Waals surface area contributed by atoms with Crippen molar-refractivity contribution in [3.8, 4) is 0 Å². The van der Waals surface area contributed by atoms with Gasteiger partial charge in [0.25, 0.3) is 0 Å². The molecule has 2 rings (SSSR count). The van der Waals surface area contributed by atoms with Gasteiger partial charge in [0.1, 0.15) is 0 Å². The summed E-state index contributed by atoms with van der Waals surface area (Å²) < 4.78 is 5.37. The van der Waals surface area contributed by atoms with Crippen molar-refractivity contribution in [3.63, 3.8) is 0 Å². The lowest BCUT2D eigenvalue weighted by Gasteiger charge is -2.44. The Bertz CT molecular complexity index is 252. The summed E-state index contributed by atoms with van der Waals surface area (Å²) in [4.78, 5) is 5.05. The lowest BCUT2D eigenvalue weighted by atomic mass is 9.74. The van der Waals surface area contributed by atoms with E-state index in [-0.39, 0.29) is 5.41 Å². The van der Waals surface area contributed by atoms with Gasteiger partial charge in [0.05, 0.1) is 13.2 Å². The van der Waals surface area contributed by atoms with Gasteiger partial charge in [-0.3, -0.25) is 4.90 Å². The maximum atomic E-state index is 9.41.